The van der Waals surface area contributed by atoms with E-state index in [-0.39, 0.29) is 24.1 Å². The van der Waals surface area contributed by atoms with Crippen LogP contribution >= 0.6 is 0 Å². The Kier molecular flexibility index (Phi) is 4.93. The Bertz CT molecular complexity index is 406. The first kappa shape index (κ1) is 13.0. The molecule has 2 amide bonds. The molecule has 1 aromatic heterocycles. The highest BCUT2D eigenvalue weighted by atomic mass is 16.2. The van der Waals surface area contributed by atoms with Gasteiger partial charge in [0.2, 0.25) is 5.91 Å². The van der Waals surface area contributed by atoms with Gasteiger partial charge < -0.3 is 16.0 Å². The summed E-state index contributed by atoms with van der Waals surface area (Å²) >= 11 is 0. The van der Waals surface area contributed by atoms with Gasteiger partial charge in [0.25, 0.3) is 5.91 Å². The Hall–Kier alpha value is -2.11. The van der Waals surface area contributed by atoms with Crippen molar-refractivity contribution in [2.75, 3.05) is 25.5 Å². The SMILES string of the molecule is CCNc1cccc(C(=O)NCC(=O)NC)n1. The summed E-state index contributed by atoms with van der Waals surface area (Å²) in [5, 5.41) is 7.90. The van der Waals surface area contributed by atoms with Crippen LogP contribution in [0.3, 0.4) is 0 Å². The predicted octanol–water partition coefficient (Wildman–Crippen LogP) is -0.0108. The van der Waals surface area contributed by atoms with Crippen molar-refractivity contribution >= 4 is 17.6 Å². The molecule has 92 valence electrons. The van der Waals surface area contributed by atoms with E-state index in [1.165, 1.54) is 7.05 Å². The van der Waals surface area contributed by atoms with Gasteiger partial charge in [0.15, 0.2) is 0 Å². The third-order valence-electron chi connectivity index (χ3n) is 2.03. The molecule has 0 unspecified atom stereocenters. The third kappa shape index (κ3) is 4.10. The number of anilines is 1. The Morgan fingerprint density at radius 3 is 2.76 bits per heavy atom. The van der Waals surface area contributed by atoms with Crippen molar-refractivity contribution in [2.24, 2.45) is 0 Å². The Labute approximate surface area is 99.8 Å². The zero-order valence-electron chi connectivity index (χ0n) is 9.91. The van der Waals surface area contributed by atoms with E-state index >= 15 is 0 Å². The van der Waals surface area contributed by atoms with Crippen LogP contribution in [0.5, 0.6) is 0 Å². The zero-order chi connectivity index (χ0) is 12.7. The third-order valence-corrected chi connectivity index (χ3v) is 2.03. The first-order chi connectivity index (χ1) is 8.17. The highest BCUT2D eigenvalue weighted by Crippen LogP contribution is 2.04. The van der Waals surface area contributed by atoms with E-state index in [9.17, 15) is 9.59 Å². The van der Waals surface area contributed by atoms with Gasteiger partial charge in [-0.15, -0.1) is 0 Å². The van der Waals surface area contributed by atoms with Crippen molar-refractivity contribution in [1.29, 1.82) is 0 Å². The normalized spacial score (nSPS) is 9.53. The molecule has 0 aromatic carbocycles. The fourth-order valence-electron chi connectivity index (χ4n) is 1.18. The molecule has 0 bridgehead atoms. The van der Waals surface area contributed by atoms with E-state index in [0.717, 1.165) is 6.54 Å². The Balaban J connectivity index is 2.62. The smallest absolute Gasteiger partial charge is 0.270 e. The number of likely N-dealkylation sites (N-methyl/N-ethyl adjacent to an activating group) is 1. The van der Waals surface area contributed by atoms with Crippen LogP contribution in [0.2, 0.25) is 0 Å². The minimum absolute atomic E-state index is 0.0531. The first-order valence-electron chi connectivity index (χ1n) is 5.37. The maximum atomic E-state index is 11.6. The van der Waals surface area contributed by atoms with E-state index < -0.39 is 0 Å². The van der Waals surface area contributed by atoms with Gasteiger partial charge >= 0.3 is 0 Å². The molecule has 0 spiro atoms. The summed E-state index contributed by atoms with van der Waals surface area (Å²) in [7, 11) is 1.51. The van der Waals surface area contributed by atoms with Gasteiger partial charge in [-0.05, 0) is 19.1 Å². The number of aromatic nitrogens is 1. The summed E-state index contributed by atoms with van der Waals surface area (Å²) in [6, 6.07) is 5.11. The molecule has 6 nitrogen and oxygen atoms in total. The van der Waals surface area contributed by atoms with Crippen molar-refractivity contribution in [2.45, 2.75) is 6.92 Å². The van der Waals surface area contributed by atoms with Crippen LogP contribution in [0, 0.1) is 0 Å². The van der Waals surface area contributed by atoms with Gasteiger partial charge in [-0.3, -0.25) is 9.59 Å². The maximum Gasteiger partial charge on any atom is 0.270 e. The van der Waals surface area contributed by atoms with Crippen LogP contribution in [-0.4, -0.2) is 36.9 Å². The van der Waals surface area contributed by atoms with Crippen LogP contribution in [0.15, 0.2) is 18.2 Å². The molecule has 17 heavy (non-hydrogen) atoms. The monoisotopic (exact) mass is 236 g/mol. The van der Waals surface area contributed by atoms with Crippen molar-refractivity contribution in [3.8, 4) is 0 Å². The van der Waals surface area contributed by atoms with Gasteiger partial charge in [-0.25, -0.2) is 4.98 Å². The van der Waals surface area contributed by atoms with E-state index in [1.54, 1.807) is 18.2 Å². The fourth-order valence-corrected chi connectivity index (χ4v) is 1.18. The second kappa shape index (κ2) is 6.47. The number of amides is 2. The largest absolute Gasteiger partial charge is 0.370 e. The lowest BCUT2D eigenvalue weighted by molar-refractivity contribution is -0.119. The molecule has 0 saturated carbocycles. The van der Waals surface area contributed by atoms with Gasteiger partial charge in [-0.1, -0.05) is 6.07 Å². The molecule has 0 saturated heterocycles. The van der Waals surface area contributed by atoms with Crippen LogP contribution in [0.1, 0.15) is 17.4 Å². The summed E-state index contributed by atoms with van der Waals surface area (Å²) < 4.78 is 0. The lowest BCUT2D eigenvalue weighted by atomic mass is 10.3. The van der Waals surface area contributed by atoms with Crippen molar-refractivity contribution in [3.63, 3.8) is 0 Å². The first-order valence-corrected chi connectivity index (χ1v) is 5.37. The van der Waals surface area contributed by atoms with E-state index in [2.05, 4.69) is 20.9 Å². The molecule has 6 heteroatoms. The standard InChI is InChI=1S/C11H16N4O2/c1-3-13-9-6-4-5-8(15-9)11(17)14-7-10(16)12-2/h4-6H,3,7H2,1-2H3,(H,12,16)(H,13,15)(H,14,17). The highest BCUT2D eigenvalue weighted by molar-refractivity contribution is 5.95. The number of carbonyl (C=O) groups is 2. The molecule has 0 radical (unpaired) electrons. The molecular weight excluding hydrogens is 220 g/mol. The average molecular weight is 236 g/mol. The van der Waals surface area contributed by atoms with E-state index in [0.29, 0.717) is 5.82 Å². The maximum absolute atomic E-state index is 11.6. The number of hydrogen-bond donors (Lipinski definition) is 3. The summed E-state index contributed by atoms with van der Waals surface area (Å²) in [5.41, 5.74) is 0.285. The van der Waals surface area contributed by atoms with Gasteiger partial charge in [-0.2, -0.15) is 0 Å². The summed E-state index contributed by atoms with van der Waals surface area (Å²) in [6.45, 7) is 2.62. The molecule has 1 heterocycles. The van der Waals surface area contributed by atoms with Gasteiger partial charge in [0.1, 0.15) is 11.5 Å². The van der Waals surface area contributed by atoms with Crippen LogP contribution < -0.4 is 16.0 Å². The lowest BCUT2D eigenvalue weighted by Gasteiger charge is -2.06. The van der Waals surface area contributed by atoms with Crippen LogP contribution in [0.25, 0.3) is 0 Å². The summed E-state index contributed by atoms with van der Waals surface area (Å²) in [5.74, 6) is 0.0228. The fraction of sp³-hybridized carbons (Fsp3) is 0.364. The topological polar surface area (TPSA) is 83.1 Å². The molecule has 0 aliphatic rings. The second-order valence-electron chi connectivity index (χ2n) is 3.29. The number of rotatable bonds is 5. The molecule has 0 aliphatic heterocycles. The van der Waals surface area contributed by atoms with E-state index in [1.807, 2.05) is 6.92 Å². The molecule has 3 N–H and O–H groups in total. The minimum atomic E-state index is -0.367. The highest BCUT2D eigenvalue weighted by Gasteiger charge is 2.08. The summed E-state index contributed by atoms with van der Waals surface area (Å²) in [6.07, 6.45) is 0. The molecule has 1 aromatic rings. The number of carbonyl (C=O) groups excluding carboxylic acids is 2. The molecule has 0 atom stereocenters. The molecule has 0 fully saturated rings. The number of pyridine rings is 1. The number of nitrogens with zero attached hydrogens (tertiary/aromatic N) is 1. The zero-order valence-corrected chi connectivity index (χ0v) is 9.91. The molecule has 0 aliphatic carbocycles. The Morgan fingerprint density at radius 2 is 2.12 bits per heavy atom. The minimum Gasteiger partial charge on any atom is -0.370 e. The predicted molar refractivity (Wildman–Crippen MR) is 64.8 cm³/mol. The molecule has 1 rings (SSSR count). The van der Waals surface area contributed by atoms with Gasteiger partial charge in [0.05, 0.1) is 6.54 Å². The second-order valence-corrected chi connectivity index (χ2v) is 3.29. The quantitative estimate of drug-likeness (QED) is 0.671. The van der Waals surface area contributed by atoms with E-state index in [4.69, 9.17) is 0 Å². The van der Waals surface area contributed by atoms with Crippen LogP contribution in [0.4, 0.5) is 5.82 Å². The lowest BCUT2D eigenvalue weighted by Crippen LogP contribution is -2.35. The van der Waals surface area contributed by atoms with Crippen molar-refractivity contribution < 1.29 is 9.59 Å². The molecular formula is C11H16N4O2. The van der Waals surface area contributed by atoms with Crippen molar-refractivity contribution in [3.05, 3.63) is 23.9 Å². The summed E-state index contributed by atoms with van der Waals surface area (Å²) in [4.78, 5) is 26.7. The van der Waals surface area contributed by atoms with Gasteiger partial charge in [0, 0.05) is 13.6 Å². The number of nitrogens with one attached hydrogen (secondary N) is 3. The number of hydrogen-bond acceptors (Lipinski definition) is 4. The Morgan fingerprint density at radius 1 is 1.35 bits per heavy atom. The van der Waals surface area contributed by atoms with Crippen molar-refractivity contribution in [1.82, 2.24) is 15.6 Å². The average Bonchev–Trinajstić information content (AvgIpc) is 2.36. The van der Waals surface area contributed by atoms with Crippen LogP contribution in [-0.2, 0) is 4.79 Å².